The third-order valence-electron chi connectivity index (χ3n) is 4.69. The average molecular weight is 388 g/mol. The van der Waals surface area contributed by atoms with Crippen molar-refractivity contribution in [2.75, 3.05) is 32.8 Å². The number of nitrogens with zero attached hydrogens (tertiary/aromatic N) is 4. The lowest BCUT2D eigenvalue weighted by Gasteiger charge is -2.30. The van der Waals surface area contributed by atoms with E-state index in [-0.39, 0.29) is 37.9 Å². The average Bonchev–Trinajstić information content (AvgIpc) is 2.97. The molecular weight excluding hydrogens is 364 g/mol. The molecule has 0 spiro atoms. The van der Waals surface area contributed by atoms with Gasteiger partial charge in [-0.05, 0) is 13.3 Å². The van der Waals surface area contributed by atoms with Gasteiger partial charge in [-0.1, -0.05) is 6.92 Å². The Morgan fingerprint density at radius 2 is 2.25 bits per heavy atom. The quantitative estimate of drug-likeness (QED) is 0.640. The van der Waals surface area contributed by atoms with Crippen LogP contribution in [0, 0.1) is 6.92 Å². The molecule has 2 aromatic rings. The molecule has 10 heteroatoms. The zero-order valence-electron chi connectivity index (χ0n) is 15.9. The highest BCUT2D eigenvalue weighted by atomic mass is 16.5. The predicted octanol–water partition coefficient (Wildman–Crippen LogP) is -0.296. The second-order valence-corrected chi connectivity index (χ2v) is 6.81. The molecule has 0 bridgehead atoms. The Kier molecular flexibility index (Phi) is 6.00. The van der Waals surface area contributed by atoms with E-state index in [1.165, 1.54) is 23.5 Å². The largest absolute Gasteiger partial charge is 0.384 e. The van der Waals surface area contributed by atoms with Crippen molar-refractivity contribution in [3.8, 4) is 0 Å². The molecule has 3 rings (SSSR count). The van der Waals surface area contributed by atoms with E-state index in [1.54, 1.807) is 0 Å². The number of H-pyrrole nitrogens is 1. The van der Waals surface area contributed by atoms with Gasteiger partial charge in [-0.25, -0.2) is 4.98 Å². The first-order valence-corrected chi connectivity index (χ1v) is 9.11. The monoisotopic (exact) mass is 388 g/mol. The molecule has 28 heavy (non-hydrogen) atoms. The van der Waals surface area contributed by atoms with Crippen molar-refractivity contribution >= 4 is 11.8 Å². The number of amides is 2. The van der Waals surface area contributed by atoms with Gasteiger partial charge in [-0.15, -0.1) is 0 Å². The summed E-state index contributed by atoms with van der Waals surface area (Å²) in [5.41, 5.74) is 0.762. The summed E-state index contributed by atoms with van der Waals surface area (Å²) < 4.78 is 5.47. The van der Waals surface area contributed by atoms with E-state index in [2.05, 4.69) is 25.5 Å². The minimum absolute atomic E-state index is 0.00269. The Morgan fingerprint density at radius 3 is 2.93 bits per heavy atom. The highest BCUT2D eigenvalue weighted by Gasteiger charge is 2.36. The van der Waals surface area contributed by atoms with Crippen LogP contribution in [0.4, 0.5) is 0 Å². The minimum atomic E-state index is -1.43. The normalized spacial score (nSPS) is 19.9. The Balaban J connectivity index is 1.69. The molecule has 0 aliphatic carbocycles. The maximum Gasteiger partial charge on any atom is 0.274 e. The first kappa shape index (κ1) is 19.9. The van der Waals surface area contributed by atoms with Gasteiger partial charge in [0.25, 0.3) is 11.8 Å². The molecule has 2 aromatic heterocycles. The van der Waals surface area contributed by atoms with E-state index in [0.717, 1.165) is 17.7 Å². The number of carbonyl (C=O) groups is 2. The predicted molar refractivity (Wildman–Crippen MR) is 98.7 cm³/mol. The maximum atomic E-state index is 12.9. The zero-order chi connectivity index (χ0) is 20.1. The Hall–Kier alpha value is -2.85. The Morgan fingerprint density at radius 1 is 1.43 bits per heavy atom. The topological polar surface area (TPSA) is 133 Å². The molecule has 3 N–H and O–H groups in total. The van der Waals surface area contributed by atoms with Crippen LogP contribution < -0.4 is 5.32 Å². The second kappa shape index (κ2) is 8.44. The van der Waals surface area contributed by atoms with Crippen LogP contribution >= 0.6 is 0 Å². The van der Waals surface area contributed by atoms with Crippen molar-refractivity contribution in [1.82, 2.24) is 30.4 Å². The van der Waals surface area contributed by atoms with Crippen molar-refractivity contribution in [3.05, 3.63) is 41.2 Å². The number of β-amino-alcohol motifs (C(OH)–C–C–N with tert-alkyl or cyclic N) is 1. The molecule has 1 atom stereocenters. The second-order valence-electron chi connectivity index (χ2n) is 6.81. The maximum absolute atomic E-state index is 12.9. The minimum Gasteiger partial charge on any atom is -0.384 e. The molecule has 1 saturated heterocycles. The van der Waals surface area contributed by atoms with Crippen LogP contribution in [0.15, 0.2) is 18.6 Å². The molecule has 1 unspecified atom stereocenters. The van der Waals surface area contributed by atoms with Crippen LogP contribution in [0.2, 0.25) is 0 Å². The third-order valence-corrected chi connectivity index (χ3v) is 4.69. The highest BCUT2D eigenvalue weighted by molar-refractivity contribution is 5.94. The van der Waals surface area contributed by atoms with Gasteiger partial charge in [0.05, 0.1) is 32.5 Å². The van der Waals surface area contributed by atoms with Crippen molar-refractivity contribution in [3.63, 3.8) is 0 Å². The molecule has 1 fully saturated rings. The fraction of sp³-hybridized carbons (Fsp3) is 0.500. The van der Waals surface area contributed by atoms with E-state index in [9.17, 15) is 14.7 Å². The number of aromatic nitrogens is 4. The lowest BCUT2D eigenvalue weighted by atomic mass is 10.0. The molecule has 10 nitrogen and oxygen atoms in total. The van der Waals surface area contributed by atoms with E-state index >= 15 is 0 Å². The van der Waals surface area contributed by atoms with Crippen LogP contribution in [0.5, 0.6) is 0 Å². The molecule has 0 aromatic carbocycles. The number of ether oxygens (including phenoxy) is 1. The Bertz CT molecular complexity index is 840. The summed E-state index contributed by atoms with van der Waals surface area (Å²) in [6.07, 6.45) is 4.96. The molecule has 1 aliphatic rings. The lowest BCUT2D eigenvalue weighted by molar-refractivity contribution is -0.0324. The van der Waals surface area contributed by atoms with Crippen LogP contribution in [-0.2, 0) is 11.2 Å². The third kappa shape index (κ3) is 4.34. The number of hydrogen-bond donors (Lipinski definition) is 3. The molecule has 150 valence electrons. The van der Waals surface area contributed by atoms with Crippen molar-refractivity contribution in [2.24, 2.45) is 0 Å². The number of carbonyl (C=O) groups excluding carboxylic acids is 2. The molecule has 1 aliphatic heterocycles. The van der Waals surface area contributed by atoms with Gasteiger partial charge < -0.3 is 20.1 Å². The van der Waals surface area contributed by atoms with Crippen molar-refractivity contribution in [2.45, 2.75) is 25.9 Å². The summed E-state index contributed by atoms with van der Waals surface area (Å²) >= 11 is 0. The van der Waals surface area contributed by atoms with Gasteiger partial charge in [-0.3, -0.25) is 19.7 Å². The van der Waals surface area contributed by atoms with Crippen LogP contribution in [-0.4, -0.2) is 80.4 Å². The fourth-order valence-electron chi connectivity index (χ4n) is 3.09. The SMILES string of the molecule is CCc1[nH]nc(C(=O)N2CCOCC(O)(CNC(=O)c3cnccn3)C2)c1C. The highest BCUT2D eigenvalue weighted by Crippen LogP contribution is 2.17. The summed E-state index contributed by atoms with van der Waals surface area (Å²) in [7, 11) is 0. The standard InChI is InChI=1S/C18H24N6O4/c1-3-13-12(2)15(23-22-13)17(26)24-6-7-28-11-18(27,10-24)9-21-16(25)14-8-19-4-5-20-14/h4-5,8,27H,3,6-7,9-11H2,1-2H3,(H,21,25)(H,22,23). The van der Waals surface area contributed by atoms with E-state index in [0.29, 0.717) is 12.2 Å². The molecular formula is C18H24N6O4. The summed E-state index contributed by atoms with van der Waals surface area (Å²) in [6.45, 7) is 4.36. The van der Waals surface area contributed by atoms with Gasteiger partial charge in [-0.2, -0.15) is 5.10 Å². The number of nitrogens with one attached hydrogen (secondary N) is 2. The number of rotatable bonds is 5. The molecule has 2 amide bonds. The number of aromatic amines is 1. The summed E-state index contributed by atoms with van der Waals surface area (Å²) in [4.78, 5) is 34.4. The zero-order valence-corrected chi connectivity index (χ0v) is 15.9. The van der Waals surface area contributed by atoms with Gasteiger partial charge in [0.15, 0.2) is 5.69 Å². The molecule has 0 saturated carbocycles. The van der Waals surface area contributed by atoms with Gasteiger partial charge in [0.2, 0.25) is 0 Å². The smallest absolute Gasteiger partial charge is 0.274 e. The van der Waals surface area contributed by atoms with Gasteiger partial charge in [0, 0.05) is 30.2 Å². The molecule has 3 heterocycles. The van der Waals surface area contributed by atoms with Crippen molar-refractivity contribution in [1.29, 1.82) is 0 Å². The Labute approximate surface area is 162 Å². The van der Waals surface area contributed by atoms with Crippen LogP contribution in [0.1, 0.15) is 39.2 Å². The fourth-order valence-corrected chi connectivity index (χ4v) is 3.09. The number of aliphatic hydroxyl groups is 1. The molecule has 0 radical (unpaired) electrons. The summed E-state index contributed by atoms with van der Waals surface area (Å²) in [5, 5.41) is 20.6. The van der Waals surface area contributed by atoms with E-state index in [4.69, 9.17) is 4.74 Å². The summed E-state index contributed by atoms with van der Waals surface area (Å²) in [5.74, 6) is -0.739. The summed E-state index contributed by atoms with van der Waals surface area (Å²) in [6, 6.07) is 0. The van der Waals surface area contributed by atoms with Crippen LogP contribution in [0.3, 0.4) is 0 Å². The van der Waals surface area contributed by atoms with Crippen molar-refractivity contribution < 1.29 is 19.4 Å². The van der Waals surface area contributed by atoms with Gasteiger partial charge in [0.1, 0.15) is 11.3 Å². The first-order chi connectivity index (χ1) is 13.4. The number of aryl methyl sites for hydroxylation is 1. The number of hydrogen-bond acceptors (Lipinski definition) is 7. The van der Waals surface area contributed by atoms with E-state index in [1.807, 2.05) is 13.8 Å². The lowest BCUT2D eigenvalue weighted by Crippen LogP contribution is -2.53. The van der Waals surface area contributed by atoms with Gasteiger partial charge >= 0.3 is 0 Å². The van der Waals surface area contributed by atoms with E-state index < -0.39 is 11.5 Å². The van der Waals surface area contributed by atoms with Crippen LogP contribution in [0.25, 0.3) is 0 Å². The first-order valence-electron chi connectivity index (χ1n) is 9.11.